The Bertz CT molecular complexity index is 281. The van der Waals surface area contributed by atoms with E-state index in [1.807, 2.05) is 6.92 Å². The molecule has 2 heterocycles. The highest BCUT2D eigenvalue weighted by molar-refractivity contribution is 7.09. The molecule has 0 aliphatic carbocycles. The van der Waals surface area contributed by atoms with Crippen LogP contribution in [-0.2, 0) is 11.2 Å². The maximum Gasteiger partial charge on any atom is 0.0929 e. The Hall–Kier alpha value is -0.450. The lowest BCUT2D eigenvalue weighted by atomic mass is 10.2. The Labute approximate surface area is 88.5 Å². The summed E-state index contributed by atoms with van der Waals surface area (Å²) in [6.45, 7) is 4.87. The van der Waals surface area contributed by atoms with Crippen molar-refractivity contribution >= 4 is 11.3 Å². The highest BCUT2D eigenvalue weighted by Gasteiger charge is 2.13. The van der Waals surface area contributed by atoms with Crippen LogP contribution in [0.25, 0.3) is 0 Å². The smallest absolute Gasteiger partial charge is 0.0929 e. The van der Waals surface area contributed by atoms with Gasteiger partial charge in [0.1, 0.15) is 0 Å². The summed E-state index contributed by atoms with van der Waals surface area (Å²) in [6, 6.07) is 0. The molecule has 0 saturated carbocycles. The third-order valence-corrected chi connectivity index (χ3v) is 3.38. The Balaban J connectivity index is 1.76. The van der Waals surface area contributed by atoms with Crippen molar-refractivity contribution in [3.05, 3.63) is 16.1 Å². The SMILES string of the molecule is Cc1csc(CCC2CNCCO2)n1. The zero-order valence-corrected chi connectivity index (χ0v) is 9.27. The second kappa shape index (κ2) is 4.87. The number of nitrogens with one attached hydrogen (secondary N) is 1. The molecule has 1 unspecified atom stereocenters. The van der Waals surface area contributed by atoms with Crippen LogP contribution in [0.5, 0.6) is 0 Å². The van der Waals surface area contributed by atoms with Gasteiger partial charge in [0.2, 0.25) is 0 Å². The predicted octanol–water partition coefficient (Wildman–Crippen LogP) is 1.37. The van der Waals surface area contributed by atoms with Crippen LogP contribution in [0.1, 0.15) is 17.1 Å². The van der Waals surface area contributed by atoms with Crippen LogP contribution < -0.4 is 5.32 Å². The fourth-order valence-electron chi connectivity index (χ4n) is 1.61. The molecule has 0 spiro atoms. The molecule has 1 atom stereocenters. The first-order chi connectivity index (χ1) is 6.84. The number of morpholine rings is 1. The molecule has 1 aromatic heterocycles. The van der Waals surface area contributed by atoms with Crippen LogP contribution in [0.15, 0.2) is 5.38 Å². The fourth-order valence-corrected chi connectivity index (χ4v) is 2.40. The molecular weight excluding hydrogens is 196 g/mol. The van der Waals surface area contributed by atoms with E-state index in [-0.39, 0.29) is 0 Å². The molecule has 78 valence electrons. The van der Waals surface area contributed by atoms with Crippen LogP contribution >= 0.6 is 11.3 Å². The molecule has 0 radical (unpaired) electrons. The summed E-state index contributed by atoms with van der Waals surface area (Å²) in [7, 11) is 0. The van der Waals surface area contributed by atoms with E-state index in [1.54, 1.807) is 11.3 Å². The lowest BCUT2D eigenvalue weighted by molar-refractivity contribution is 0.0238. The third kappa shape index (κ3) is 2.77. The van der Waals surface area contributed by atoms with Gasteiger partial charge in [-0.05, 0) is 13.3 Å². The average molecular weight is 212 g/mol. The van der Waals surface area contributed by atoms with Crippen molar-refractivity contribution in [3.63, 3.8) is 0 Å². The van der Waals surface area contributed by atoms with Crippen molar-refractivity contribution in [3.8, 4) is 0 Å². The van der Waals surface area contributed by atoms with Gasteiger partial charge in [-0.25, -0.2) is 4.98 Å². The molecule has 1 aliphatic heterocycles. The van der Waals surface area contributed by atoms with Crippen LogP contribution in [0, 0.1) is 6.92 Å². The first kappa shape index (κ1) is 10.1. The molecule has 1 saturated heterocycles. The molecule has 1 N–H and O–H groups in total. The number of rotatable bonds is 3. The van der Waals surface area contributed by atoms with Crippen molar-refractivity contribution in [1.82, 2.24) is 10.3 Å². The first-order valence-electron chi connectivity index (χ1n) is 5.08. The molecule has 1 aliphatic rings. The molecule has 0 amide bonds. The second-order valence-electron chi connectivity index (χ2n) is 3.62. The largest absolute Gasteiger partial charge is 0.376 e. The third-order valence-electron chi connectivity index (χ3n) is 2.35. The molecule has 1 aromatic rings. The van der Waals surface area contributed by atoms with Gasteiger partial charge in [-0.2, -0.15) is 0 Å². The number of aromatic nitrogens is 1. The zero-order valence-electron chi connectivity index (χ0n) is 8.45. The summed E-state index contributed by atoms with van der Waals surface area (Å²) in [5, 5.41) is 6.67. The van der Waals surface area contributed by atoms with E-state index >= 15 is 0 Å². The maximum atomic E-state index is 5.62. The summed E-state index contributed by atoms with van der Waals surface area (Å²) >= 11 is 1.75. The number of thiazole rings is 1. The molecular formula is C10H16N2OS. The molecule has 14 heavy (non-hydrogen) atoms. The number of nitrogens with zero attached hydrogens (tertiary/aromatic N) is 1. The van der Waals surface area contributed by atoms with Gasteiger partial charge in [0.25, 0.3) is 0 Å². The number of aryl methyl sites for hydroxylation is 2. The normalized spacial score (nSPS) is 22.5. The van der Waals surface area contributed by atoms with Crippen molar-refractivity contribution in [2.24, 2.45) is 0 Å². The zero-order chi connectivity index (χ0) is 9.80. The van der Waals surface area contributed by atoms with Crippen LogP contribution in [-0.4, -0.2) is 30.8 Å². The van der Waals surface area contributed by atoms with E-state index in [2.05, 4.69) is 15.7 Å². The minimum atomic E-state index is 0.382. The standard InChI is InChI=1S/C10H16N2OS/c1-8-7-14-10(12-8)3-2-9-6-11-4-5-13-9/h7,9,11H,2-6H2,1H3. The molecule has 1 fully saturated rings. The quantitative estimate of drug-likeness (QED) is 0.821. The van der Waals surface area contributed by atoms with Crippen molar-refractivity contribution < 1.29 is 4.74 Å². The van der Waals surface area contributed by atoms with Crippen LogP contribution in [0.2, 0.25) is 0 Å². The summed E-state index contributed by atoms with van der Waals surface area (Å²) in [5.41, 5.74) is 1.13. The number of ether oxygens (including phenoxy) is 1. The molecule has 0 bridgehead atoms. The maximum absolute atomic E-state index is 5.62. The Morgan fingerprint density at radius 2 is 2.64 bits per heavy atom. The predicted molar refractivity (Wildman–Crippen MR) is 57.8 cm³/mol. The Kier molecular flexibility index (Phi) is 3.50. The van der Waals surface area contributed by atoms with E-state index in [9.17, 15) is 0 Å². The molecule has 2 rings (SSSR count). The van der Waals surface area contributed by atoms with Gasteiger partial charge in [0.05, 0.1) is 17.7 Å². The van der Waals surface area contributed by atoms with Crippen molar-refractivity contribution in [2.75, 3.05) is 19.7 Å². The Morgan fingerprint density at radius 1 is 1.71 bits per heavy atom. The highest BCUT2D eigenvalue weighted by Crippen LogP contribution is 2.13. The lowest BCUT2D eigenvalue weighted by Crippen LogP contribution is -2.38. The number of hydrogen-bond donors (Lipinski definition) is 1. The summed E-state index contributed by atoms with van der Waals surface area (Å²) < 4.78 is 5.62. The van der Waals surface area contributed by atoms with Crippen LogP contribution in [0.3, 0.4) is 0 Å². The summed E-state index contributed by atoms with van der Waals surface area (Å²) in [5.74, 6) is 0. The van der Waals surface area contributed by atoms with E-state index in [1.165, 1.54) is 5.01 Å². The average Bonchev–Trinajstić information content (AvgIpc) is 2.63. The van der Waals surface area contributed by atoms with Gasteiger partial charge in [-0.3, -0.25) is 0 Å². The van der Waals surface area contributed by atoms with E-state index in [0.29, 0.717) is 6.10 Å². The first-order valence-corrected chi connectivity index (χ1v) is 5.96. The van der Waals surface area contributed by atoms with Gasteiger partial charge < -0.3 is 10.1 Å². The van der Waals surface area contributed by atoms with Gasteiger partial charge in [-0.15, -0.1) is 11.3 Å². The monoisotopic (exact) mass is 212 g/mol. The van der Waals surface area contributed by atoms with E-state index in [0.717, 1.165) is 38.2 Å². The fraction of sp³-hybridized carbons (Fsp3) is 0.700. The lowest BCUT2D eigenvalue weighted by Gasteiger charge is -2.23. The minimum Gasteiger partial charge on any atom is -0.376 e. The minimum absolute atomic E-state index is 0.382. The van der Waals surface area contributed by atoms with E-state index < -0.39 is 0 Å². The highest BCUT2D eigenvalue weighted by atomic mass is 32.1. The van der Waals surface area contributed by atoms with Crippen molar-refractivity contribution in [1.29, 1.82) is 0 Å². The van der Waals surface area contributed by atoms with Crippen molar-refractivity contribution in [2.45, 2.75) is 25.9 Å². The molecule has 4 heteroatoms. The Morgan fingerprint density at radius 3 is 3.29 bits per heavy atom. The van der Waals surface area contributed by atoms with Gasteiger partial charge in [-0.1, -0.05) is 0 Å². The summed E-state index contributed by atoms with van der Waals surface area (Å²) in [4.78, 5) is 4.44. The molecule has 0 aromatic carbocycles. The van der Waals surface area contributed by atoms with Gasteiger partial charge in [0, 0.05) is 30.6 Å². The van der Waals surface area contributed by atoms with E-state index in [4.69, 9.17) is 4.74 Å². The van der Waals surface area contributed by atoms with Crippen LogP contribution in [0.4, 0.5) is 0 Å². The second-order valence-corrected chi connectivity index (χ2v) is 4.56. The topological polar surface area (TPSA) is 34.1 Å². The summed E-state index contributed by atoms with van der Waals surface area (Å²) in [6.07, 6.45) is 2.51. The number of hydrogen-bond acceptors (Lipinski definition) is 4. The van der Waals surface area contributed by atoms with Gasteiger partial charge >= 0.3 is 0 Å². The molecule has 3 nitrogen and oxygen atoms in total. The van der Waals surface area contributed by atoms with Gasteiger partial charge in [0.15, 0.2) is 0 Å².